The zero-order valence-electron chi connectivity index (χ0n) is 8.77. The molecule has 0 atom stereocenters. The number of ketones is 1. The van der Waals surface area contributed by atoms with E-state index in [2.05, 4.69) is 0 Å². The second kappa shape index (κ2) is 2.31. The highest BCUT2D eigenvalue weighted by atomic mass is 16.1. The van der Waals surface area contributed by atoms with E-state index in [1.54, 1.807) is 5.31 Å². The highest BCUT2D eigenvalue weighted by molar-refractivity contribution is 5.81. The number of nitrogens with one attached hydrogen (secondary N) is 1. The summed E-state index contributed by atoms with van der Waals surface area (Å²) in [6.07, 6.45) is 1.000. The minimum absolute atomic E-state index is 0.272. The van der Waals surface area contributed by atoms with Gasteiger partial charge in [-0.25, -0.2) is 0 Å². The molecule has 0 saturated carbocycles. The van der Waals surface area contributed by atoms with Gasteiger partial charge in [-0.15, -0.1) is 0 Å². The Morgan fingerprint density at radius 2 is 1.64 bits per heavy atom. The van der Waals surface area contributed by atoms with Crippen LogP contribution in [-0.4, -0.2) is 16.9 Å². The van der Waals surface area contributed by atoms with E-state index in [0.717, 1.165) is 0 Å². The Morgan fingerprint density at radius 3 is 2.00 bits per heavy atom. The summed E-state index contributed by atoms with van der Waals surface area (Å²) in [5.74, 6) is 0.272. The lowest BCUT2D eigenvalue weighted by Crippen LogP contribution is -2.58. The van der Waals surface area contributed by atoms with E-state index in [9.17, 15) is 4.79 Å². The van der Waals surface area contributed by atoms with Crippen LogP contribution >= 0.6 is 0 Å². The average molecular weight is 156 g/mol. The number of hydrogen-bond donors (Lipinski definition) is 1. The fourth-order valence-corrected chi connectivity index (χ4v) is 1.93. The maximum absolute atomic E-state index is 11.3. The van der Waals surface area contributed by atoms with Gasteiger partial charge in [-0.05, 0) is 27.7 Å². The lowest BCUT2D eigenvalue weighted by molar-refractivity contribution is -0.124. The van der Waals surface area contributed by atoms with Gasteiger partial charge in [-0.3, -0.25) is 4.79 Å². The highest BCUT2D eigenvalue weighted by Crippen LogP contribution is 2.25. The third-order valence-corrected chi connectivity index (χ3v) is 1.86. The Hall–Kier alpha value is -0.370. The number of carbonyl (C=O) groups excluding carboxylic acids is 1. The Labute approximate surface area is 69.8 Å². The maximum Gasteiger partial charge on any atom is 0.136 e. The summed E-state index contributed by atoms with van der Waals surface area (Å²) in [5, 5.41) is 1.56. The zero-order chi connectivity index (χ0) is 9.57. The van der Waals surface area contributed by atoms with Gasteiger partial charge in [-0.1, -0.05) is 0 Å². The first-order valence-electron chi connectivity index (χ1n) is 4.51. The molecule has 11 heavy (non-hydrogen) atoms. The van der Waals surface area contributed by atoms with E-state index in [1.807, 2.05) is 27.7 Å². The molecule has 1 N–H and O–H groups in total. The van der Waals surface area contributed by atoms with Gasteiger partial charge in [0.25, 0.3) is 0 Å². The number of rotatable bonds is 0. The molecule has 0 unspecified atom stereocenters. The van der Waals surface area contributed by atoms with Crippen molar-refractivity contribution in [2.24, 2.45) is 0 Å². The smallest absolute Gasteiger partial charge is 0.136 e. The Morgan fingerprint density at radius 1 is 1.27 bits per heavy atom. The van der Waals surface area contributed by atoms with Crippen molar-refractivity contribution >= 4 is 5.78 Å². The number of hydrogen-bond acceptors (Lipinski definition) is 2. The summed E-state index contributed by atoms with van der Waals surface area (Å²) in [4.78, 5) is 11.3. The molecule has 64 valence electrons. The predicted octanol–water partition coefficient (Wildman–Crippen LogP) is 1.50. The van der Waals surface area contributed by atoms with Crippen LogP contribution in [0.5, 0.6) is 0 Å². The van der Waals surface area contributed by atoms with Crippen molar-refractivity contribution in [1.29, 1.82) is 0 Å². The Bertz CT molecular complexity index is 191. The molecule has 0 aromatic rings. The van der Waals surface area contributed by atoms with Crippen molar-refractivity contribution in [2.45, 2.75) is 51.6 Å². The Kier molecular flexibility index (Phi) is 1.53. The standard InChI is InChI=1S/C9H17NO/c1-8(2)5-7(11)6-9(3,4)10-8/h10H,5-6H2,1-4H3/i/hD. The molecule has 0 aliphatic carbocycles. The molecule has 1 rings (SSSR count). The van der Waals surface area contributed by atoms with Gasteiger partial charge in [0.05, 0.1) is 0 Å². The molecule has 2 heteroatoms. The molecule has 1 heterocycles. The van der Waals surface area contributed by atoms with Gasteiger partial charge >= 0.3 is 0 Å². The van der Waals surface area contributed by atoms with Gasteiger partial charge in [0, 0.05) is 23.9 Å². The largest absolute Gasteiger partial charge is 0.306 e. The van der Waals surface area contributed by atoms with Crippen LogP contribution in [-0.2, 0) is 4.79 Å². The van der Waals surface area contributed by atoms with Crippen LogP contribution in [0, 0.1) is 0 Å². The first-order valence-corrected chi connectivity index (χ1v) is 4.07. The van der Waals surface area contributed by atoms with Crippen molar-refractivity contribution < 1.29 is 6.21 Å². The normalized spacial score (nSPS) is 31.6. The van der Waals surface area contributed by atoms with Crippen LogP contribution in [0.25, 0.3) is 0 Å². The second-order valence-corrected chi connectivity index (χ2v) is 4.63. The molecule has 1 aliphatic rings. The monoisotopic (exact) mass is 156 g/mol. The molecule has 0 aromatic heterocycles. The summed E-state index contributed by atoms with van der Waals surface area (Å²) in [6.45, 7) is 7.77. The number of Topliss-reactive ketones (excluding diaryl/α,β-unsaturated/α-hetero) is 1. The molecule has 0 amide bonds. The molecule has 1 fully saturated rings. The van der Waals surface area contributed by atoms with Crippen LogP contribution in [0.15, 0.2) is 0 Å². The van der Waals surface area contributed by atoms with Crippen molar-refractivity contribution in [3.8, 4) is 0 Å². The van der Waals surface area contributed by atoms with E-state index >= 15 is 0 Å². The van der Waals surface area contributed by atoms with Gasteiger partial charge < -0.3 is 5.31 Å². The van der Waals surface area contributed by atoms with Crippen molar-refractivity contribution in [2.75, 3.05) is 0 Å². The zero-order valence-corrected chi connectivity index (χ0v) is 7.77. The number of piperidine rings is 1. The minimum Gasteiger partial charge on any atom is -0.306 e. The average Bonchev–Trinajstić information content (AvgIpc) is 1.80. The van der Waals surface area contributed by atoms with E-state index in [0.29, 0.717) is 12.8 Å². The lowest BCUT2D eigenvalue weighted by atomic mass is 9.82. The molecule has 0 radical (unpaired) electrons. The molecule has 1 aliphatic heterocycles. The van der Waals surface area contributed by atoms with Gasteiger partial charge in [0.15, 0.2) is 0 Å². The van der Waals surface area contributed by atoms with E-state index in [4.69, 9.17) is 1.41 Å². The second-order valence-electron chi connectivity index (χ2n) is 4.63. The third kappa shape index (κ3) is 2.29. The van der Waals surface area contributed by atoms with Crippen LogP contribution in [0.4, 0.5) is 0 Å². The highest BCUT2D eigenvalue weighted by Gasteiger charge is 2.36. The summed E-state index contributed by atoms with van der Waals surface area (Å²) < 4.78 is 7.85. The van der Waals surface area contributed by atoms with Gasteiger partial charge in [-0.2, -0.15) is 0 Å². The summed E-state index contributed by atoms with van der Waals surface area (Å²) in [6, 6.07) is 0. The number of carbonyl (C=O) groups is 1. The summed E-state index contributed by atoms with van der Waals surface area (Å²) in [5.41, 5.74) is -0.613. The summed E-state index contributed by atoms with van der Waals surface area (Å²) in [7, 11) is 0. The minimum atomic E-state index is -0.307. The SMILES string of the molecule is [2H]N1C(C)(C)CC(=O)CC1(C)C. The van der Waals surface area contributed by atoms with Crippen molar-refractivity contribution in [3.05, 3.63) is 0 Å². The lowest BCUT2D eigenvalue weighted by Gasteiger charge is -2.41. The van der Waals surface area contributed by atoms with Crippen LogP contribution in [0.1, 0.15) is 40.5 Å². The predicted molar refractivity (Wildman–Crippen MR) is 45.5 cm³/mol. The molecule has 0 spiro atoms. The topological polar surface area (TPSA) is 29.1 Å². The first-order chi connectivity index (χ1) is 5.26. The third-order valence-electron chi connectivity index (χ3n) is 1.86. The van der Waals surface area contributed by atoms with Crippen LogP contribution in [0.3, 0.4) is 0 Å². The van der Waals surface area contributed by atoms with Gasteiger partial charge in [0.2, 0.25) is 0 Å². The maximum atomic E-state index is 11.3. The van der Waals surface area contributed by atoms with Crippen molar-refractivity contribution in [1.82, 2.24) is 5.31 Å². The first kappa shape index (κ1) is 7.29. The quantitative estimate of drug-likeness (QED) is 0.576. The molecular weight excluding hydrogens is 138 g/mol. The van der Waals surface area contributed by atoms with Gasteiger partial charge in [0.1, 0.15) is 7.20 Å². The summed E-state index contributed by atoms with van der Waals surface area (Å²) >= 11 is 0. The van der Waals surface area contributed by atoms with E-state index in [-0.39, 0.29) is 16.9 Å². The fraction of sp³-hybridized carbons (Fsp3) is 0.889. The van der Waals surface area contributed by atoms with E-state index < -0.39 is 0 Å². The van der Waals surface area contributed by atoms with E-state index in [1.165, 1.54) is 0 Å². The Balaban J connectivity index is 2.91. The molecular formula is C9H17NO. The molecule has 1 saturated heterocycles. The van der Waals surface area contributed by atoms with Crippen LogP contribution in [0.2, 0.25) is 1.41 Å². The molecule has 0 aromatic carbocycles. The van der Waals surface area contributed by atoms with Crippen LogP contribution < -0.4 is 5.31 Å². The van der Waals surface area contributed by atoms with Crippen molar-refractivity contribution in [3.63, 3.8) is 0 Å². The molecule has 0 bridgehead atoms. The fourth-order valence-electron chi connectivity index (χ4n) is 1.93. The molecule has 2 nitrogen and oxygen atoms in total.